The number of hydrogen-bond donors (Lipinski definition) is 2. The zero-order valence-electron chi connectivity index (χ0n) is 14.1. The molecule has 24 heavy (non-hydrogen) atoms. The first-order valence-electron chi connectivity index (χ1n) is 8.74. The molecule has 2 amide bonds. The van der Waals surface area contributed by atoms with Crippen LogP contribution in [0.4, 0.5) is 0 Å². The number of nitrogens with one attached hydrogen (secondary N) is 2. The molecule has 0 radical (unpaired) electrons. The largest absolute Gasteiger partial charge is 0.384 e. The van der Waals surface area contributed by atoms with Crippen LogP contribution in [-0.4, -0.2) is 42.8 Å². The SMILES string of the molecule is COCCC(=O)NC1CCc2onc(C(=O)NC3CCCC3)c2C1. The summed E-state index contributed by atoms with van der Waals surface area (Å²) in [6, 6.07) is 0.261. The second kappa shape index (κ2) is 7.79. The average Bonchev–Trinajstić information content (AvgIpc) is 3.21. The van der Waals surface area contributed by atoms with Gasteiger partial charge in [-0.05, 0) is 25.7 Å². The van der Waals surface area contributed by atoms with Crippen molar-refractivity contribution >= 4 is 11.8 Å². The number of aryl methyl sites for hydroxylation is 1. The van der Waals surface area contributed by atoms with E-state index >= 15 is 0 Å². The molecule has 7 heteroatoms. The van der Waals surface area contributed by atoms with Crippen LogP contribution >= 0.6 is 0 Å². The minimum absolute atomic E-state index is 0.0132. The van der Waals surface area contributed by atoms with Crippen molar-refractivity contribution in [3.05, 3.63) is 17.0 Å². The van der Waals surface area contributed by atoms with Crippen LogP contribution in [-0.2, 0) is 22.4 Å². The molecule has 2 aliphatic carbocycles. The molecule has 7 nitrogen and oxygen atoms in total. The number of rotatable bonds is 6. The van der Waals surface area contributed by atoms with Gasteiger partial charge >= 0.3 is 0 Å². The van der Waals surface area contributed by atoms with Crippen molar-refractivity contribution < 1.29 is 18.8 Å². The smallest absolute Gasteiger partial charge is 0.273 e. The quantitative estimate of drug-likeness (QED) is 0.819. The number of aromatic nitrogens is 1. The first kappa shape index (κ1) is 17.0. The molecule has 3 rings (SSSR count). The van der Waals surface area contributed by atoms with Crippen LogP contribution in [0.5, 0.6) is 0 Å². The van der Waals surface area contributed by atoms with Crippen molar-refractivity contribution in [1.29, 1.82) is 0 Å². The Labute approximate surface area is 141 Å². The number of amides is 2. The van der Waals surface area contributed by atoms with Crippen LogP contribution < -0.4 is 10.6 Å². The summed E-state index contributed by atoms with van der Waals surface area (Å²) in [4.78, 5) is 24.3. The lowest BCUT2D eigenvalue weighted by Gasteiger charge is -2.22. The molecule has 1 aromatic heterocycles. The highest BCUT2D eigenvalue weighted by Crippen LogP contribution is 2.25. The van der Waals surface area contributed by atoms with E-state index in [-0.39, 0.29) is 23.9 Å². The fraction of sp³-hybridized carbons (Fsp3) is 0.706. The van der Waals surface area contributed by atoms with E-state index in [9.17, 15) is 9.59 Å². The van der Waals surface area contributed by atoms with Gasteiger partial charge < -0.3 is 19.9 Å². The third-order valence-corrected chi connectivity index (χ3v) is 4.84. The Morgan fingerprint density at radius 1 is 1.21 bits per heavy atom. The van der Waals surface area contributed by atoms with Crippen LogP contribution in [0, 0.1) is 0 Å². The van der Waals surface area contributed by atoms with Crippen molar-refractivity contribution in [1.82, 2.24) is 15.8 Å². The first-order chi connectivity index (χ1) is 11.7. The summed E-state index contributed by atoms with van der Waals surface area (Å²) in [5.41, 5.74) is 1.22. The molecule has 2 N–H and O–H groups in total. The van der Waals surface area contributed by atoms with Crippen molar-refractivity contribution in [2.75, 3.05) is 13.7 Å². The summed E-state index contributed by atoms with van der Waals surface area (Å²) in [7, 11) is 1.58. The molecule has 0 spiro atoms. The number of carbonyl (C=O) groups excluding carboxylic acids is 2. The van der Waals surface area contributed by atoms with Gasteiger partial charge in [-0.1, -0.05) is 18.0 Å². The van der Waals surface area contributed by atoms with Gasteiger partial charge in [-0.3, -0.25) is 9.59 Å². The third kappa shape index (κ3) is 3.95. The Morgan fingerprint density at radius 2 is 2.00 bits per heavy atom. The number of ether oxygens (including phenoxy) is 1. The maximum absolute atomic E-state index is 12.5. The van der Waals surface area contributed by atoms with Crippen LogP contribution in [0.1, 0.15) is 60.3 Å². The zero-order valence-corrected chi connectivity index (χ0v) is 14.1. The lowest BCUT2D eigenvalue weighted by molar-refractivity contribution is -0.122. The first-order valence-corrected chi connectivity index (χ1v) is 8.74. The van der Waals surface area contributed by atoms with E-state index in [0.717, 1.165) is 43.4 Å². The molecular formula is C17H25N3O4. The summed E-state index contributed by atoms with van der Waals surface area (Å²) >= 11 is 0. The number of hydrogen-bond acceptors (Lipinski definition) is 5. The topological polar surface area (TPSA) is 93.5 Å². The van der Waals surface area contributed by atoms with Crippen molar-refractivity contribution in [3.8, 4) is 0 Å². The number of carbonyl (C=O) groups is 2. The maximum Gasteiger partial charge on any atom is 0.273 e. The van der Waals surface area contributed by atoms with Crippen molar-refractivity contribution in [3.63, 3.8) is 0 Å². The normalized spacial score (nSPS) is 20.6. The second-order valence-electron chi connectivity index (χ2n) is 6.64. The van der Waals surface area contributed by atoms with Crippen LogP contribution in [0.2, 0.25) is 0 Å². The van der Waals surface area contributed by atoms with Crippen LogP contribution in [0.25, 0.3) is 0 Å². The van der Waals surface area contributed by atoms with Gasteiger partial charge in [0, 0.05) is 37.6 Å². The lowest BCUT2D eigenvalue weighted by Crippen LogP contribution is -2.40. The zero-order chi connectivity index (χ0) is 16.9. The molecule has 1 aromatic rings. The summed E-state index contributed by atoms with van der Waals surface area (Å²) in [6.07, 6.45) is 6.81. The molecular weight excluding hydrogens is 310 g/mol. The van der Waals surface area contributed by atoms with Gasteiger partial charge in [-0.2, -0.15) is 0 Å². The fourth-order valence-electron chi connectivity index (χ4n) is 3.52. The molecule has 1 saturated carbocycles. The van der Waals surface area contributed by atoms with E-state index in [0.29, 0.717) is 31.6 Å². The van der Waals surface area contributed by atoms with E-state index in [2.05, 4.69) is 15.8 Å². The third-order valence-electron chi connectivity index (χ3n) is 4.84. The predicted molar refractivity (Wildman–Crippen MR) is 86.7 cm³/mol. The summed E-state index contributed by atoms with van der Waals surface area (Å²) in [6.45, 7) is 0.409. The average molecular weight is 335 g/mol. The minimum Gasteiger partial charge on any atom is -0.384 e. The van der Waals surface area contributed by atoms with Gasteiger partial charge in [0.15, 0.2) is 5.69 Å². The molecule has 0 saturated heterocycles. The van der Waals surface area contributed by atoms with Crippen LogP contribution in [0.15, 0.2) is 4.52 Å². The fourth-order valence-corrected chi connectivity index (χ4v) is 3.52. The van der Waals surface area contributed by atoms with Gasteiger partial charge in [0.05, 0.1) is 6.61 Å². The molecule has 1 unspecified atom stereocenters. The molecule has 1 atom stereocenters. The summed E-state index contributed by atoms with van der Waals surface area (Å²) in [5, 5.41) is 10.0. The molecule has 2 aliphatic rings. The maximum atomic E-state index is 12.5. The lowest BCUT2D eigenvalue weighted by atomic mass is 9.91. The van der Waals surface area contributed by atoms with E-state index in [1.54, 1.807) is 7.11 Å². The van der Waals surface area contributed by atoms with Crippen LogP contribution in [0.3, 0.4) is 0 Å². The standard InChI is InChI=1S/C17H25N3O4/c1-23-9-8-15(21)18-12-6-7-14-13(10-12)16(20-24-14)17(22)19-11-4-2-3-5-11/h11-12H,2-10H2,1H3,(H,18,21)(H,19,22). The molecule has 0 aliphatic heterocycles. The minimum atomic E-state index is -0.154. The van der Waals surface area contributed by atoms with E-state index < -0.39 is 0 Å². The summed E-state index contributed by atoms with van der Waals surface area (Å²) < 4.78 is 10.3. The Balaban J connectivity index is 1.61. The summed E-state index contributed by atoms with van der Waals surface area (Å²) in [5.74, 6) is 0.589. The van der Waals surface area contributed by atoms with Gasteiger partial charge in [-0.15, -0.1) is 0 Å². The highest BCUT2D eigenvalue weighted by Gasteiger charge is 2.30. The molecule has 1 heterocycles. The van der Waals surface area contributed by atoms with Gasteiger partial charge in [0.2, 0.25) is 5.91 Å². The molecule has 1 fully saturated rings. The van der Waals surface area contributed by atoms with Gasteiger partial charge in [0.1, 0.15) is 5.76 Å². The Kier molecular flexibility index (Phi) is 5.50. The van der Waals surface area contributed by atoms with E-state index in [1.165, 1.54) is 0 Å². The highest BCUT2D eigenvalue weighted by atomic mass is 16.5. The number of fused-ring (bicyclic) bond motifs is 1. The second-order valence-corrected chi connectivity index (χ2v) is 6.64. The molecule has 132 valence electrons. The van der Waals surface area contributed by atoms with Gasteiger partial charge in [0.25, 0.3) is 5.91 Å². The number of methoxy groups -OCH3 is 1. The Hall–Kier alpha value is -1.89. The Bertz CT molecular complexity index is 593. The highest BCUT2D eigenvalue weighted by molar-refractivity contribution is 5.94. The Morgan fingerprint density at radius 3 is 2.75 bits per heavy atom. The van der Waals surface area contributed by atoms with E-state index in [4.69, 9.17) is 9.26 Å². The van der Waals surface area contributed by atoms with Crippen molar-refractivity contribution in [2.45, 2.75) is 63.5 Å². The van der Waals surface area contributed by atoms with E-state index in [1.807, 2.05) is 0 Å². The molecule has 0 aromatic carbocycles. The molecule has 0 bridgehead atoms. The van der Waals surface area contributed by atoms with Gasteiger partial charge in [-0.25, -0.2) is 0 Å². The predicted octanol–water partition coefficient (Wildman–Crippen LogP) is 1.36. The monoisotopic (exact) mass is 335 g/mol. The number of nitrogens with zero attached hydrogens (tertiary/aromatic N) is 1. The van der Waals surface area contributed by atoms with Crippen molar-refractivity contribution in [2.24, 2.45) is 0 Å².